The zero-order chi connectivity index (χ0) is 9.03. The van der Waals surface area contributed by atoms with Gasteiger partial charge in [0.2, 0.25) is 12.4 Å². The topological polar surface area (TPSA) is 70.6 Å². The van der Waals surface area contributed by atoms with Gasteiger partial charge in [0.1, 0.15) is 0 Å². The largest absolute Gasteiger partial charge is 0.370 e. The molecule has 0 aliphatic rings. The van der Waals surface area contributed by atoms with Crippen LogP contribution in [0.4, 0.5) is 0 Å². The zero-order valence-corrected chi connectivity index (χ0v) is 7.09. The first-order valence-corrected chi connectivity index (χ1v) is 5.02. The third kappa shape index (κ3) is 3.48. The van der Waals surface area contributed by atoms with Crippen LogP contribution in [-0.4, -0.2) is 16.1 Å². The van der Waals surface area contributed by atoms with E-state index < -0.39 is 13.9 Å². The van der Waals surface area contributed by atoms with Gasteiger partial charge >= 0.3 is 7.60 Å². The molecule has 66 valence electrons. The Labute approximate surface area is 69.3 Å². The molecule has 0 amide bonds. The summed E-state index contributed by atoms with van der Waals surface area (Å²) in [6, 6.07) is 5.16. The predicted molar refractivity (Wildman–Crippen MR) is 40.1 cm³/mol. The van der Waals surface area contributed by atoms with E-state index >= 15 is 0 Å². The van der Waals surface area contributed by atoms with Gasteiger partial charge < -0.3 is 9.79 Å². The minimum absolute atomic E-state index is 0.609. The van der Waals surface area contributed by atoms with Crippen molar-refractivity contribution in [2.45, 2.75) is 0 Å². The van der Waals surface area contributed by atoms with Crippen molar-refractivity contribution in [3.8, 4) is 0 Å². The molecule has 0 bridgehead atoms. The first kappa shape index (κ1) is 9.19. The molecular formula is C6H9NO4P+. The SMILES string of the molecule is O=P(O)(O)CO[n+]1ccccc1. The Morgan fingerprint density at radius 3 is 2.33 bits per heavy atom. The van der Waals surface area contributed by atoms with Crippen LogP contribution in [0.15, 0.2) is 30.6 Å². The van der Waals surface area contributed by atoms with Gasteiger partial charge in [0.05, 0.1) is 0 Å². The van der Waals surface area contributed by atoms with Crippen LogP contribution in [0.25, 0.3) is 0 Å². The smallest absolute Gasteiger partial charge is 0.322 e. The predicted octanol–water partition coefficient (Wildman–Crippen LogP) is -0.462. The molecule has 0 aromatic carbocycles. The lowest BCUT2D eigenvalue weighted by Gasteiger charge is -1.99. The second-order valence-corrected chi connectivity index (χ2v) is 3.75. The first-order valence-electron chi connectivity index (χ1n) is 3.22. The Bertz CT molecular complexity index is 283. The van der Waals surface area contributed by atoms with Crippen LogP contribution in [0.3, 0.4) is 0 Å². The fourth-order valence-electron chi connectivity index (χ4n) is 0.611. The lowest BCUT2D eigenvalue weighted by atomic mass is 10.5. The molecule has 0 fully saturated rings. The van der Waals surface area contributed by atoms with Gasteiger partial charge in [-0.3, -0.25) is 9.40 Å². The van der Waals surface area contributed by atoms with Crippen molar-refractivity contribution < 1.29 is 23.9 Å². The highest BCUT2D eigenvalue weighted by molar-refractivity contribution is 7.51. The average molecular weight is 190 g/mol. The molecule has 1 rings (SSSR count). The monoisotopic (exact) mass is 190 g/mol. The van der Waals surface area contributed by atoms with E-state index in [4.69, 9.17) is 14.6 Å². The van der Waals surface area contributed by atoms with Gasteiger partial charge in [0.15, 0.2) is 0 Å². The summed E-state index contributed by atoms with van der Waals surface area (Å²) in [6.45, 7) is 0. The van der Waals surface area contributed by atoms with Gasteiger partial charge in [-0.25, -0.2) is 0 Å². The second kappa shape index (κ2) is 3.67. The van der Waals surface area contributed by atoms with Gasteiger partial charge in [0, 0.05) is 16.9 Å². The number of hydrogen-bond acceptors (Lipinski definition) is 2. The maximum atomic E-state index is 10.4. The minimum Gasteiger partial charge on any atom is -0.322 e. The summed E-state index contributed by atoms with van der Waals surface area (Å²) in [7, 11) is -4.07. The van der Waals surface area contributed by atoms with E-state index in [0.29, 0.717) is 0 Å². The minimum atomic E-state index is -4.07. The maximum Gasteiger partial charge on any atom is 0.370 e. The average Bonchev–Trinajstić information content (AvgIpc) is 2.02. The molecule has 0 spiro atoms. The summed E-state index contributed by atoms with van der Waals surface area (Å²) in [6.07, 6.45) is 2.49. The number of pyridine rings is 1. The van der Waals surface area contributed by atoms with Gasteiger partial charge in [-0.1, -0.05) is 6.07 Å². The molecule has 0 atom stereocenters. The Hall–Kier alpha value is -0.900. The van der Waals surface area contributed by atoms with E-state index in [1.54, 1.807) is 30.6 Å². The molecule has 12 heavy (non-hydrogen) atoms. The Morgan fingerprint density at radius 1 is 1.25 bits per heavy atom. The molecule has 0 aliphatic heterocycles. The molecule has 6 heteroatoms. The Morgan fingerprint density at radius 2 is 1.83 bits per heavy atom. The molecule has 2 N–H and O–H groups in total. The highest BCUT2D eigenvalue weighted by Gasteiger charge is 2.16. The van der Waals surface area contributed by atoms with E-state index in [-0.39, 0.29) is 0 Å². The van der Waals surface area contributed by atoms with Crippen molar-refractivity contribution in [2.24, 2.45) is 0 Å². The molecule has 0 saturated heterocycles. The van der Waals surface area contributed by atoms with Crippen LogP contribution < -0.4 is 9.57 Å². The third-order valence-corrected chi connectivity index (χ3v) is 1.52. The molecule has 1 aromatic heterocycles. The standard InChI is InChI=1S/C6H8NO4P/c8-12(9,10)6-11-7-4-2-1-3-5-7/h1-5H,6H2,(H-,8,9,10)/p+1. The van der Waals surface area contributed by atoms with E-state index in [1.807, 2.05) is 0 Å². The van der Waals surface area contributed by atoms with Gasteiger partial charge in [0.25, 0.3) is 6.35 Å². The van der Waals surface area contributed by atoms with Crippen molar-refractivity contribution in [3.05, 3.63) is 30.6 Å². The van der Waals surface area contributed by atoms with Gasteiger partial charge in [-0.2, -0.15) is 0 Å². The summed E-state index contributed by atoms with van der Waals surface area (Å²) in [5.41, 5.74) is 0. The van der Waals surface area contributed by atoms with Crippen molar-refractivity contribution in [3.63, 3.8) is 0 Å². The van der Waals surface area contributed by atoms with E-state index in [0.717, 1.165) is 0 Å². The lowest BCUT2D eigenvalue weighted by molar-refractivity contribution is -0.888. The molecule has 0 saturated carbocycles. The molecule has 5 nitrogen and oxygen atoms in total. The Balaban J connectivity index is 2.50. The normalized spacial score (nSPS) is 11.2. The second-order valence-electron chi connectivity index (χ2n) is 2.16. The fraction of sp³-hybridized carbons (Fsp3) is 0.167. The number of hydrogen-bond donors (Lipinski definition) is 2. The summed E-state index contributed by atoms with van der Waals surface area (Å²) in [4.78, 5) is 21.6. The summed E-state index contributed by atoms with van der Waals surface area (Å²) < 4.78 is 11.6. The van der Waals surface area contributed by atoms with Crippen molar-refractivity contribution >= 4 is 7.60 Å². The van der Waals surface area contributed by atoms with E-state index in [1.165, 1.54) is 4.73 Å². The van der Waals surface area contributed by atoms with Crippen LogP contribution in [0.1, 0.15) is 0 Å². The van der Waals surface area contributed by atoms with Crippen LogP contribution in [-0.2, 0) is 4.57 Å². The third-order valence-electron chi connectivity index (χ3n) is 1.06. The lowest BCUT2D eigenvalue weighted by Crippen LogP contribution is -2.41. The quantitative estimate of drug-likeness (QED) is 0.499. The maximum absolute atomic E-state index is 10.4. The molecule has 0 unspecified atom stereocenters. The number of nitrogens with zero attached hydrogens (tertiary/aromatic N) is 1. The number of rotatable bonds is 3. The Kier molecular flexibility index (Phi) is 2.81. The molecular weight excluding hydrogens is 181 g/mol. The summed E-state index contributed by atoms with van der Waals surface area (Å²) in [5.74, 6) is 0. The molecule has 1 heterocycles. The van der Waals surface area contributed by atoms with Crippen molar-refractivity contribution in [1.82, 2.24) is 0 Å². The van der Waals surface area contributed by atoms with Crippen LogP contribution in [0, 0.1) is 0 Å². The van der Waals surface area contributed by atoms with Crippen molar-refractivity contribution in [2.75, 3.05) is 6.35 Å². The first-order chi connectivity index (χ1) is 5.58. The fourth-order valence-corrected chi connectivity index (χ4v) is 0.895. The van der Waals surface area contributed by atoms with Gasteiger partial charge in [-0.15, -0.1) is 0 Å². The van der Waals surface area contributed by atoms with Crippen molar-refractivity contribution in [1.29, 1.82) is 0 Å². The molecule has 1 aromatic rings. The van der Waals surface area contributed by atoms with E-state index in [9.17, 15) is 4.57 Å². The molecule has 0 radical (unpaired) electrons. The zero-order valence-electron chi connectivity index (χ0n) is 6.20. The highest BCUT2D eigenvalue weighted by Crippen LogP contribution is 2.32. The van der Waals surface area contributed by atoms with Crippen LogP contribution >= 0.6 is 7.60 Å². The molecule has 0 aliphatic carbocycles. The summed E-state index contributed by atoms with van der Waals surface area (Å²) in [5, 5.41) is 0. The highest BCUT2D eigenvalue weighted by atomic mass is 31.2. The van der Waals surface area contributed by atoms with Gasteiger partial charge in [-0.05, 0) is 0 Å². The summed E-state index contributed by atoms with van der Waals surface area (Å²) >= 11 is 0. The van der Waals surface area contributed by atoms with Crippen LogP contribution in [0.5, 0.6) is 0 Å². The van der Waals surface area contributed by atoms with E-state index in [2.05, 4.69) is 0 Å². The van der Waals surface area contributed by atoms with Crippen LogP contribution in [0.2, 0.25) is 0 Å². The number of aromatic nitrogens is 1.